The first kappa shape index (κ1) is 30.2. The van der Waals surface area contributed by atoms with Gasteiger partial charge in [-0.05, 0) is 75.0 Å². The zero-order valence-corrected chi connectivity index (χ0v) is 25.1. The molecule has 1 fully saturated rings. The minimum absolute atomic E-state index is 0.00917. The van der Waals surface area contributed by atoms with Crippen LogP contribution in [-0.2, 0) is 6.18 Å². The fourth-order valence-electron chi connectivity index (χ4n) is 4.79. The largest absolute Gasteiger partial charge is 0.438 e. The Balaban J connectivity index is 1.42. The van der Waals surface area contributed by atoms with Crippen molar-refractivity contribution >= 4 is 39.2 Å². The Bertz CT molecular complexity index is 1640. The van der Waals surface area contributed by atoms with Gasteiger partial charge in [0.05, 0.1) is 28.2 Å². The van der Waals surface area contributed by atoms with Crippen molar-refractivity contribution in [2.24, 2.45) is 0 Å². The summed E-state index contributed by atoms with van der Waals surface area (Å²) < 4.78 is 47.4. The Kier molecular flexibility index (Phi) is 8.83. The fourth-order valence-corrected chi connectivity index (χ4v) is 5.26. The Morgan fingerprint density at radius 1 is 1.07 bits per heavy atom. The number of likely N-dealkylation sites (N-methyl/N-ethyl adjacent to an activating group) is 1. The second-order valence-electron chi connectivity index (χ2n) is 10.1. The van der Waals surface area contributed by atoms with Gasteiger partial charge >= 0.3 is 6.18 Å². The molecule has 1 aliphatic heterocycles. The van der Waals surface area contributed by atoms with Gasteiger partial charge in [0.2, 0.25) is 11.8 Å². The second kappa shape index (κ2) is 12.6. The van der Waals surface area contributed by atoms with Crippen molar-refractivity contribution in [2.45, 2.75) is 31.6 Å². The number of rotatable bonds is 8. The molecular formula is C30H29BrF3N7O2. The molecule has 3 heterocycles. The molecule has 3 N–H and O–H groups in total. The van der Waals surface area contributed by atoms with Crippen LogP contribution in [0.4, 0.5) is 30.5 Å². The number of ether oxygens (including phenoxy) is 1. The van der Waals surface area contributed by atoms with Gasteiger partial charge in [-0.25, -0.2) is 15.0 Å². The maximum Gasteiger partial charge on any atom is 0.416 e. The highest BCUT2D eigenvalue weighted by Crippen LogP contribution is 2.36. The van der Waals surface area contributed by atoms with Gasteiger partial charge in [0.15, 0.2) is 0 Å². The number of benzene rings is 2. The number of amides is 1. The standard InChI is InChI=1S/C30H29BrF3N7O2/c1-17-23(9-12-41(17)3)38-25-7-6-19(30(32,33)34)15-26(25)39-27(42)18-13-20(31)16-21(14-18)43-28-22(5-4-10-36-28)24-8-11-37-29(35-2)40-24/h4-8,10-11,13-17,23,38H,9,12H2,1-3H3,(H,39,42)(H,35,37,40)/t17?,23-/m0/s1. The summed E-state index contributed by atoms with van der Waals surface area (Å²) in [5.74, 6) is 0.340. The molecule has 0 aliphatic carbocycles. The van der Waals surface area contributed by atoms with E-state index in [2.05, 4.69) is 51.7 Å². The van der Waals surface area contributed by atoms with E-state index >= 15 is 0 Å². The SMILES string of the molecule is CNc1nccc(-c2cccnc2Oc2cc(Br)cc(C(=O)Nc3cc(C(F)(F)F)ccc3N[C@H]3CCN(C)C3C)c2)n1. The Labute approximate surface area is 255 Å². The highest BCUT2D eigenvalue weighted by atomic mass is 79.9. The first-order valence-electron chi connectivity index (χ1n) is 13.5. The Hall–Kier alpha value is -4.23. The number of likely N-dealkylation sites (tertiary alicyclic amines) is 1. The summed E-state index contributed by atoms with van der Waals surface area (Å²) in [6, 6.07) is 13.4. The number of hydrogen-bond donors (Lipinski definition) is 3. The van der Waals surface area contributed by atoms with Gasteiger partial charge in [0.1, 0.15) is 5.75 Å². The van der Waals surface area contributed by atoms with Crippen LogP contribution in [-0.4, -0.2) is 58.5 Å². The molecule has 1 saturated heterocycles. The van der Waals surface area contributed by atoms with E-state index in [1.165, 1.54) is 12.1 Å². The molecule has 13 heteroatoms. The first-order valence-corrected chi connectivity index (χ1v) is 14.2. The average molecular weight is 657 g/mol. The molecule has 5 rings (SSSR count). The number of alkyl halides is 3. The van der Waals surface area contributed by atoms with E-state index in [1.54, 1.807) is 49.8 Å². The number of carbonyl (C=O) groups is 1. The van der Waals surface area contributed by atoms with Crippen molar-refractivity contribution in [2.75, 3.05) is 36.6 Å². The van der Waals surface area contributed by atoms with Gasteiger partial charge in [0, 0.05) is 48.1 Å². The summed E-state index contributed by atoms with van der Waals surface area (Å²) in [5.41, 5.74) is 0.904. The molecule has 0 radical (unpaired) electrons. The molecule has 2 atom stereocenters. The maximum atomic E-state index is 13.6. The van der Waals surface area contributed by atoms with E-state index in [9.17, 15) is 18.0 Å². The minimum atomic E-state index is -4.58. The number of anilines is 3. The van der Waals surface area contributed by atoms with E-state index in [-0.39, 0.29) is 35.0 Å². The predicted molar refractivity (Wildman–Crippen MR) is 163 cm³/mol. The van der Waals surface area contributed by atoms with E-state index in [0.717, 1.165) is 25.1 Å². The van der Waals surface area contributed by atoms with Crippen LogP contribution < -0.4 is 20.7 Å². The van der Waals surface area contributed by atoms with Crippen molar-refractivity contribution in [3.63, 3.8) is 0 Å². The molecule has 1 unspecified atom stereocenters. The van der Waals surface area contributed by atoms with Crippen LogP contribution in [0.3, 0.4) is 0 Å². The summed E-state index contributed by atoms with van der Waals surface area (Å²) in [4.78, 5) is 28.5. The number of carbonyl (C=O) groups excluding carboxylic acids is 1. The monoisotopic (exact) mass is 655 g/mol. The zero-order valence-electron chi connectivity index (χ0n) is 23.5. The number of hydrogen-bond acceptors (Lipinski definition) is 8. The number of halogens is 4. The van der Waals surface area contributed by atoms with Gasteiger partial charge in [0.25, 0.3) is 5.91 Å². The summed E-state index contributed by atoms with van der Waals surface area (Å²) >= 11 is 3.41. The number of pyridine rings is 1. The Morgan fingerprint density at radius 2 is 1.88 bits per heavy atom. The Morgan fingerprint density at radius 3 is 2.60 bits per heavy atom. The number of nitrogens with zero attached hydrogens (tertiary/aromatic N) is 4. The van der Waals surface area contributed by atoms with Crippen molar-refractivity contribution in [1.29, 1.82) is 0 Å². The molecule has 9 nitrogen and oxygen atoms in total. The first-order chi connectivity index (χ1) is 20.5. The van der Waals surface area contributed by atoms with Gasteiger partial charge in [-0.3, -0.25) is 4.79 Å². The molecule has 2 aromatic carbocycles. The van der Waals surface area contributed by atoms with Crippen molar-refractivity contribution in [3.8, 4) is 22.9 Å². The molecule has 1 aliphatic rings. The highest BCUT2D eigenvalue weighted by molar-refractivity contribution is 9.10. The van der Waals surface area contributed by atoms with Crippen LogP contribution >= 0.6 is 15.9 Å². The molecule has 224 valence electrons. The third-order valence-electron chi connectivity index (χ3n) is 7.28. The lowest BCUT2D eigenvalue weighted by Crippen LogP contribution is -2.34. The van der Waals surface area contributed by atoms with Crippen LogP contribution in [0.1, 0.15) is 29.3 Å². The normalized spacial score (nSPS) is 17.0. The van der Waals surface area contributed by atoms with Crippen LogP contribution in [0, 0.1) is 0 Å². The molecule has 0 bridgehead atoms. The zero-order chi connectivity index (χ0) is 30.7. The quantitative estimate of drug-likeness (QED) is 0.188. The highest BCUT2D eigenvalue weighted by Gasteiger charge is 2.33. The summed E-state index contributed by atoms with van der Waals surface area (Å²) in [7, 11) is 3.70. The number of nitrogens with one attached hydrogen (secondary N) is 3. The molecule has 2 aromatic heterocycles. The van der Waals surface area contributed by atoms with Crippen molar-refractivity contribution < 1.29 is 22.7 Å². The molecule has 43 heavy (non-hydrogen) atoms. The molecule has 0 saturated carbocycles. The molecule has 4 aromatic rings. The van der Waals surface area contributed by atoms with Gasteiger partial charge in [-0.2, -0.15) is 13.2 Å². The average Bonchev–Trinajstić information content (AvgIpc) is 3.29. The number of aromatic nitrogens is 3. The smallest absolute Gasteiger partial charge is 0.416 e. The summed E-state index contributed by atoms with van der Waals surface area (Å²) in [6.45, 7) is 2.90. The third kappa shape index (κ3) is 7.05. The van der Waals surface area contributed by atoms with E-state index in [4.69, 9.17) is 4.74 Å². The predicted octanol–water partition coefficient (Wildman–Crippen LogP) is 6.91. The second-order valence-corrected chi connectivity index (χ2v) is 11.0. The lowest BCUT2D eigenvalue weighted by Gasteiger charge is -2.24. The fraction of sp³-hybridized carbons (Fsp3) is 0.267. The van der Waals surface area contributed by atoms with E-state index in [1.807, 2.05) is 14.0 Å². The van der Waals surface area contributed by atoms with E-state index < -0.39 is 17.6 Å². The van der Waals surface area contributed by atoms with Crippen molar-refractivity contribution in [3.05, 3.63) is 82.6 Å². The molecule has 1 amide bonds. The minimum Gasteiger partial charge on any atom is -0.438 e. The van der Waals surface area contributed by atoms with Crippen LogP contribution in [0.25, 0.3) is 11.3 Å². The van der Waals surface area contributed by atoms with Crippen molar-refractivity contribution in [1.82, 2.24) is 19.9 Å². The maximum absolute atomic E-state index is 13.6. The summed E-state index contributed by atoms with van der Waals surface area (Å²) in [6.07, 6.45) is -0.586. The topological polar surface area (TPSA) is 104 Å². The summed E-state index contributed by atoms with van der Waals surface area (Å²) in [5, 5.41) is 8.90. The van der Waals surface area contributed by atoms with Crippen LogP contribution in [0.2, 0.25) is 0 Å². The lowest BCUT2D eigenvalue weighted by atomic mass is 10.1. The molecule has 0 spiro atoms. The third-order valence-corrected chi connectivity index (χ3v) is 7.74. The molecular weight excluding hydrogens is 627 g/mol. The van der Waals surface area contributed by atoms with Gasteiger partial charge in [-0.1, -0.05) is 15.9 Å². The van der Waals surface area contributed by atoms with Crippen LogP contribution in [0.15, 0.2) is 71.5 Å². The van der Waals surface area contributed by atoms with Gasteiger partial charge in [-0.15, -0.1) is 0 Å². The lowest BCUT2D eigenvalue weighted by molar-refractivity contribution is -0.137. The van der Waals surface area contributed by atoms with Gasteiger partial charge < -0.3 is 25.6 Å². The van der Waals surface area contributed by atoms with E-state index in [0.29, 0.717) is 27.4 Å². The van der Waals surface area contributed by atoms with Crippen LogP contribution in [0.5, 0.6) is 11.6 Å².